The fourth-order valence-corrected chi connectivity index (χ4v) is 3.16. The highest BCUT2D eigenvalue weighted by molar-refractivity contribution is 7.93. The van der Waals surface area contributed by atoms with E-state index in [-0.39, 0.29) is 46.1 Å². The topological polar surface area (TPSA) is 125 Å². The van der Waals surface area contributed by atoms with Crippen LogP contribution in [0.3, 0.4) is 0 Å². The lowest BCUT2D eigenvalue weighted by Gasteiger charge is -2.08. The Bertz CT molecular complexity index is 1050. The summed E-state index contributed by atoms with van der Waals surface area (Å²) in [6, 6.07) is 5.38. The molecule has 2 aromatic carbocycles. The van der Waals surface area contributed by atoms with Crippen molar-refractivity contribution < 1.29 is 42.0 Å². The van der Waals surface area contributed by atoms with Gasteiger partial charge in [-0.15, -0.1) is 0 Å². The van der Waals surface area contributed by atoms with Gasteiger partial charge in [-0.25, -0.2) is 13.2 Å². The smallest absolute Gasteiger partial charge is 0.307 e. The van der Waals surface area contributed by atoms with E-state index >= 15 is 0 Å². The van der Waals surface area contributed by atoms with Crippen LogP contribution in [0.4, 0.5) is 18.9 Å². The first kappa shape index (κ1) is 40.3. The Labute approximate surface area is 249 Å². The Balaban J connectivity index is 0. The minimum Gasteiger partial charge on any atom is -0.469 e. The Hall–Kier alpha value is -2.80. The molecule has 0 spiro atoms. The van der Waals surface area contributed by atoms with Gasteiger partial charge >= 0.3 is 5.97 Å². The molecule has 4 N–H and O–H groups in total. The van der Waals surface area contributed by atoms with Crippen molar-refractivity contribution in [1.29, 1.82) is 0 Å². The molecule has 0 radical (unpaired) electrons. The highest BCUT2D eigenvalue weighted by atomic mass is 35.5. The van der Waals surface area contributed by atoms with Crippen LogP contribution in [0.2, 0.25) is 5.02 Å². The maximum Gasteiger partial charge on any atom is 0.307 e. The summed E-state index contributed by atoms with van der Waals surface area (Å²) in [6.45, 7) is 10.5. The number of aliphatic hydroxyl groups excluding tert-OH is 1. The molecule has 0 fully saturated rings. The van der Waals surface area contributed by atoms with Crippen LogP contribution in [0.25, 0.3) is 0 Å². The van der Waals surface area contributed by atoms with Gasteiger partial charge in [0.25, 0.3) is 5.91 Å². The number of ether oxygens (including phenoxy) is 1. The predicted octanol–water partition coefficient (Wildman–Crippen LogP) is 7.09. The third-order valence-corrected chi connectivity index (χ3v) is 5.58. The van der Waals surface area contributed by atoms with E-state index in [0.717, 1.165) is 5.92 Å². The van der Waals surface area contributed by atoms with Crippen LogP contribution in [-0.4, -0.2) is 47.7 Å². The molecule has 2 amide bonds. The number of amides is 2. The molecule has 0 unspecified atom stereocenters. The summed E-state index contributed by atoms with van der Waals surface area (Å²) in [5.74, 6) is -4.66. The lowest BCUT2D eigenvalue weighted by molar-refractivity contribution is -0.140. The molecule has 0 saturated heterocycles. The molecule has 0 aliphatic rings. The molecule has 0 aromatic heterocycles. The van der Waals surface area contributed by atoms with E-state index in [9.17, 15) is 27.6 Å². The molecule has 8 nitrogen and oxygen atoms in total. The van der Waals surface area contributed by atoms with Crippen LogP contribution in [0, 0.1) is 23.4 Å². The van der Waals surface area contributed by atoms with Crippen LogP contribution < -0.4 is 10.6 Å². The number of halogens is 4. The number of carbonyl (C=O) groups is 3. The van der Waals surface area contributed by atoms with Gasteiger partial charge in [-0.2, -0.15) is 0 Å². The average molecular weight is 625 g/mol. The second-order valence-corrected chi connectivity index (χ2v) is 9.64. The van der Waals surface area contributed by atoms with Crippen LogP contribution in [0.15, 0.2) is 35.2 Å². The fraction of sp³-hybridized carbons (Fsp3) is 0.464. The monoisotopic (exact) mass is 624 g/mol. The highest BCUT2D eigenvalue weighted by Gasteiger charge is 2.14. The molecular weight excluding hydrogens is 585 g/mol. The second kappa shape index (κ2) is 23.9. The Morgan fingerprint density at radius 3 is 2.05 bits per heavy atom. The molecule has 0 atom stereocenters. The van der Waals surface area contributed by atoms with Gasteiger partial charge in [0.2, 0.25) is 5.91 Å². The molecule has 2 aromatic rings. The standard InChI is InChI=1S/C13H7ClF3NO2S.C7H16.C6H11NO3.C2H6O/c14-8-2-1-6(3-11(8)21-20)13(19)18-7-4-9(15)12(17)10(16)5-7;1-4-5-6-7(2)3;1-5(8)7-4-3-6(9)10-2;1-2-3/h1-5,20H,(H,18,19);7H,4-6H2,1-3H3;3-4H2,1-2H3,(H,7,8);3H,2H2,1H3. The van der Waals surface area contributed by atoms with E-state index in [1.807, 2.05) is 0 Å². The molecule has 41 heavy (non-hydrogen) atoms. The summed E-state index contributed by atoms with van der Waals surface area (Å²) in [5.41, 5.74) is -0.120. The Morgan fingerprint density at radius 1 is 1.07 bits per heavy atom. The Morgan fingerprint density at radius 2 is 1.63 bits per heavy atom. The zero-order chi connectivity index (χ0) is 32.0. The minimum atomic E-state index is -1.61. The number of unbranched alkanes of at least 4 members (excludes halogenated alkanes) is 1. The van der Waals surface area contributed by atoms with Gasteiger partial charge in [-0.05, 0) is 31.0 Å². The SMILES string of the molecule is CCCCC(C)C.CCO.COC(=O)CCNC(C)=O.O=C(Nc1cc(F)c(F)c(F)c1)c1ccc(Cl)c(SO)c1. The van der Waals surface area contributed by atoms with Gasteiger partial charge < -0.3 is 25.0 Å². The predicted molar refractivity (Wildman–Crippen MR) is 157 cm³/mol. The van der Waals surface area contributed by atoms with E-state index in [1.165, 1.54) is 51.5 Å². The Kier molecular flexibility index (Phi) is 23.5. The van der Waals surface area contributed by atoms with Crippen molar-refractivity contribution in [3.8, 4) is 0 Å². The summed E-state index contributed by atoms with van der Waals surface area (Å²) in [7, 11) is 1.32. The van der Waals surface area contributed by atoms with E-state index in [4.69, 9.17) is 21.3 Å². The number of carbonyl (C=O) groups excluding carboxylic acids is 3. The second-order valence-electron chi connectivity index (χ2n) is 8.61. The van der Waals surface area contributed by atoms with Crippen molar-refractivity contribution in [3.05, 3.63) is 58.4 Å². The van der Waals surface area contributed by atoms with Crippen molar-refractivity contribution in [2.45, 2.75) is 65.2 Å². The number of methoxy groups -OCH3 is 1. The largest absolute Gasteiger partial charge is 0.469 e. The molecule has 2 rings (SSSR count). The van der Waals surface area contributed by atoms with Crippen molar-refractivity contribution in [2.75, 3.05) is 25.6 Å². The lowest BCUT2D eigenvalue weighted by atomic mass is 10.1. The zero-order valence-electron chi connectivity index (χ0n) is 24.2. The van der Waals surface area contributed by atoms with E-state index in [1.54, 1.807) is 6.92 Å². The first-order valence-corrected chi connectivity index (χ1v) is 13.9. The normalized spacial score (nSPS) is 9.68. The van der Waals surface area contributed by atoms with Crippen molar-refractivity contribution >= 4 is 47.1 Å². The third-order valence-electron chi connectivity index (χ3n) is 4.60. The summed E-state index contributed by atoms with van der Waals surface area (Å²) >= 11 is 6.13. The number of rotatable bonds is 9. The van der Waals surface area contributed by atoms with Gasteiger partial charge in [0, 0.05) is 55.5 Å². The minimum absolute atomic E-state index is 0.112. The van der Waals surface area contributed by atoms with E-state index < -0.39 is 23.4 Å². The van der Waals surface area contributed by atoms with Crippen molar-refractivity contribution in [1.82, 2.24) is 5.32 Å². The molecule has 13 heteroatoms. The maximum absolute atomic E-state index is 13.0. The van der Waals surface area contributed by atoms with Gasteiger partial charge in [-0.1, -0.05) is 51.6 Å². The summed E-state index contributed by atoms with van der Waals surface area (Å²) in [6.07, 6.45) is 4.38. The van der Waals surface area contributed by atoms with Crippen LogP contribution in [0.5, 0.6) is 0 Å². The first-order valence-electron chi connectivity index (χ1n) is 12.8. The number of benzene rings is 2. The number of hydrogen-bond donors (Lipinski definition) is 4. The molecule has 232 valence electrons. The molecule has 0 aliphatic carbocycles. The quantitative estimate of drug-likeness (QED) is 0.133. The highest BCUT2D eigenvalue weighted by Crippen LogP contribution is 2.26. The molecular formula is C28H40ClF3N2O6S. The fourth-order valence-electron chi connectivity index (χ4n) is 2.60. The molecule has 0 aliphatic heterocycles. The van der Waals surface area contributed by atoms with Crippen LogP contribution in [0.1, 0.15) is 70.7 Å². The number of nitrogens with one attached hydrogen (secondary N) is 2. The summed E-state index contributed by atoms with van der Waals surface area (Å²) in [5, 5.41) is 12.5. The van der Waals surface area contributed by atoms with E-state index in [0.29, 0.717) is 30.7 Å². The first-order chi connectivity index (χ1) is 19.3. The molecule has 0 saturated carbocycles. The van der Waals surface area contributed by atoms with Crippen LogP contribution in [-0.2, 0) is 14.3 Å². The number of hydrogen-bond acceptors (Lipinski definition) is 7. The van der Waals surface area contributed by atoms with Gasteiger partial charge in [0.05, 0.1) is 23.4 Å². The summed E-state index contributed by atoms with van der Waals surface area (Å²) in [4.78, 5) is 32.8. The molecule has 0 heterocycles. The maximum atomic E-state index is 13.0. The summed E-state index contributed by atoms with van der Waals surface area (Å²) < 4.78 is 52.2. The van der Waals surface area contributed by atoms with E-state index in [2.05, 4.69) is 36.1 Å². The third kappa shape index (κ3) is 19.8. The molecule has 0 bridgehead atoms. The van der Waals surface area contributed by atoms with Gasteiger partial charge in [0.1, 0.15) is 0 Å². The average Bonchev–Trinajstić information content (AvgIpc) is 2.91. The number of esters is 1. The number of aliphatic hydroxyl groups is 1. The van der Waals surface area contributed by atoms with Crippen LogP contribution >= 0.6 is 23.6 Å². The van der Waals surface area contributed by atoms with Crippen molar-refractivity contribution in [3.63, 3.8) is 0 Å². The zero-order valence-corrected chi connectivity index (χ0v) is 25.7. The number of anilines is 1. The van der Waals surface area contributed by atoms with Gasteiger partial charge in [0.15, 0.2) is 17.5 Å². The van der Waals surface area contributed by atoms with Gasteiger partial charge in [-0.3, -0.25) is 14.4 Å². The van der Waals surface area contributed by atoms with Crippen molar-refractivity contribution in [2.24, 2.45) is 5.92 Å². The lowest BCUT2D eigenvalue weighted by Crippen LogP contribution is -2.23.